The molecular formula is C38H44N12O4. The van der Waals surface area contributed by atoms with Gasteiger partial charge >= 0.3 is 0 Å². The van der Waals surface area contributed by atoms with Crippen LogP contribution in [0.3, 0.4) is 0 Å². The van der Waals surface area contributed by atoms with Crippen molar-refractivity contribution in [1.82, 2.24) is 37.8 Å². The Morgan fingerprint density at radius 2 is 0.981 bits per heavy atom. The first-order valence-corrected chi connectivity index (χ1v) is 17.5. The minimum Gasteiger partial charge on any atom is -0.366 e. The summed E-state index contributed by atoms with van der Waals surface area (Å²) >= 11 is 0. The average Bonchev–Trinajstić information content (AvgIpc) is 3.86. The lowest BCUT2D eigenvalue weighted by Gasteiger charge is -2.12. The van der Waals surface area contributed by atoms with E-state index in [2.05, 4.69) is 20.2 Å². The van der Waals surface area contributed by atoms with E-state index in [9.17, 15) is 19.2 Å². The van der Waals surface area contributed by atoms with Gasteiger partial charge < -0.3 is 29.7 Å². The van der Waals surface area contributed by atoms with Crippen LogP contribution in [0.4, 0.5) is 0 Å². The van der Waals surface area contributed by atoms with Crippen LogP contribution >= 0.6 is 0 Å². The van der Waals surface area contributed by atoms with Gasteiger partial charge in [0.25, 0.3) is 11.8 Å². The van der Waals surface area contributed by atoms with Crippen LogP contribution in [0.2, 0.25) is 0 Å². The number of hydrogen-bond donors (Lipinski definition) is 2. The van der Waals surface area contributed by atoms with Crippen LogP contribution in [0, 0.1) is 13.8 Å². The van der Waals surface area contributed by atoms with Crippen LogP contribution in [-0.4, -0.2) is 61.5 Å². The van der Waals surface area contributed by atoms with Crippen molar-refractivity contribution >= 4 is 45.7 Å². The highest BCUT2D eigenvalue weighted by atomic mass is 16.2. The van der Waals surface area contributed by atoms with Crippen LogP contribution in [0.15, 0.2) is 69.7 Å². The fourth-order valence-corrected chi connectivity index (χ4v) is 6.68. The lowest BCUT2D eigenvalue weighted by atomic mass is 10.1. The van der Waals surface area contributed by atoms with Crippen molar-refractivity contribution in [3.63, 3.8) is 0 Å². The predicted molar refractivity (Wildman–Crippen MR) is 202 cm³/mol. The van der Waals surface area contributed by atoms with Gasteiger partial charge in [-0.15, -0.1) is 0 Å². The molecule has 0 fully saturated rings. The molecule has 0 radical (unpaired) electrons. The van der Waals surface area contributed by atoms with Gasteiger partial charge in [-0.25, -0.2) is 0 Å². The number of primary amides is 2. The number of allylic oxidation sites excluding steroid dienone is 2. The molecule has 2 aromatic carbocycles. The normalized spacial score (nSPS) is 13.0. The van der Waals surface area contributed by atoms with Crippen LogP contribution in [-0.2, 0) is 40.3 Å². The zero-order valence-corrected chi connectivity index (χ0v) is 31.7. The van der Waals surface area contributed by atoms with Gasteiger partial charge in [-0.05, 0) is 90.1 Å². The second kappa shape index (κ2) is 14.4. The maximum Gasteiger partial charge on any atom is 0.298 e. The SMILES string of the molecule is CCn1nc(C)cc1C(=O)N=c1n(C)c2cc(C(N)=O)ccc2n1C/C(C)=C(\C)Cn1c(=NC(=O)c2cc(C)nn2CC)n(C)c2cc(C(N)=O)ccc21. The summed E-state index contributed by atoms with van der Waals surface area (Å²) in [7, 11) is 3.57. The summed E-state index contributed by atoms with van der Waals surface area (Å²) in [5.74, 6) is -2.06. The summed E-state index contributed by atoms with van der Waals surface area (Å²) in [6.45, 7) is 13.1. The Kier molecular flexibility index (Phi) is 9.95. The van der Waals surface area contributed by atoms with Crippen molar-refractivity contribution in [3.8, 4) is 0 Å². The number of nitrogens with two attached hydrogens (primary N) is 2. The molecular weight excluding hydrogens is 688 g/mol. The first-order valence-electron chi connectivity index (χ1n) is 17.5. The van der Waals surface area contributed by atoms with Crippen LogP contribution < -0.4 is 22.7 Å². The Labute approximate surface area is 310 Å². The zero-order valence-electron chi connectivity index (χ0n) is 31.7. The number of imidazole rings is 2. The summed E-state index contributed by atoms with van der Waals surface area (Å²) < 4.78 is 10.6. The van der Waals surface area contributed by atoms with Gasteiger partial charge in [-0.2, -0.15) is 20.2 Å². The van der Waals surface area contributed by atoms with E-state index in [1.807, 2.05) is 50.7 Å². The number of aromatic nitrogens is 8. The quantitative estimate of drug-likeness (QED) is 0.203. The van der Waals surface area contributed by atoms with Crippen LogP contribution in [0.5, 0.6) is 0 Å². The zero-order chi connectivity index (χ0) is 39.2. The highest BCUT2D eigenvalue weighted by molar-refractivity contribution is 5.98. The van der Waals surface area contributed by atoms with E-state index in [4.69, 9.17) is 11.5 Å². The number of carbonyl (C=O) groups excluding carboxylic acids is 4. The van der Waals surface area contributed by atoms with Gasteiger partial charge in [-0.3, -0.25) is 28.5 Å². The van der Waals surface area contributed by atoms with Crippen molar-refractivity contribution in [3.05, 3.63) is 105 Å². The molecule has 0 spiro atoms. The maximum atomic E-state index is 13.7. The molecule has 0 unspecified atom stereocenters. The Morgan fingerprint density at radius 3 is 1.31 bits per heavy atom. The molecule has 0 aliphatic heterocycles. The van der Waals surface area contributed by atoms with E-state index in [1.54, 1.807) is 81.1 Å². The van der Waals surface area contributed by atoms with Gasteiger partial charge in [0, 0.05) is 51.4 Å². The third-order valence-corrected chi connectivity index (χ3v) is 9.67. The highest BCUT2D eigenvalue weighted by Crippen LogP contribution is 2.21. The minimum atomic E-state index is -0.572. The van der Waals surface area contributed by atoms with Crippen molar-refractivity contribution in [2.45, 2.75) is 67.7 Å². The van der Waals surface area contributed by atoms with E-state index in [1.165, 1.54) is 0 Å². The number of hydrogen-bond acceptors (Lipinski definition) is 6. The molecule has 6 rings (SSSR count). The van der Waals surface area contributed by atoms with Crippen molar-refractivity contribution in [2.75, 3.05) is 0 Å². The van der Waals surface area contributed by atoms with Gasteiger partial charge in [0.2, 0.25) is 23.1 Å². The van der Waals surface area contributed by atoms with Gasteiger partial charge in [0.1, 0.15) is 11.4 Å². The Balaban J connectivity index is 1.50. The molecule has 54 heavy (non-hydrogen) atoms. The fourth-order valence-electron chi connectivity index (χ4n) is 6.68. The van der Waals surface area contributed by atoms with Crippen molar-refractivity contribution in [1.29, 1.82) is 0 Å². The lowest BCUT2D eigenvalue weighted by Crippen LogP contribution is -2.28. The van der Waals surface area contributed by atoms with Crippen LogP contribution in [0.1, 0.15) is 80.8 Å². The number of rotatable bonds is 10. The molecule has 0 bridgehead atoms. The maximum absolute atomic E-state index is 13.7. The van der Waals surface area contributed by atoms with Gasteiger partial charge in [0.15, 0.2) is 0 Å². The fraction of sp³-hybridized carbons (Fsp3) is 0.316. The number of benzene rings is 2. The van der Waals surface area contributed by atoms with E-state index >= 15 is 0 Å². The smallest absolute Gasteiger partial charge is 0.298 e. The molecule has 16 heteroatoms. The van der Waals surface area contributed by atoms with E-state index < -0.39 is 23.6 Å². The minimum absolute atomic E-state index is 0.325. The predicted octanol–water partition coefficient (Wildman–Crippen LogP) is 3.04. The van der Waals surface area contributed by atoms with E-state index in [0.29, 0.717) is 82.4 Å². The molecule has 0 saturated carbocycles. The standard InChI is InChI=1S/C38H44N12O4/c1-9-49-31(15-23(5)43-49)35(53)41-37-45(7)29-17-25(33(39)51)11-13-27(29)47(37)19-21(3)22(4)20-48-28-14-12-26(34(40)52)18-30(28)46(8)38(48)42-36(54)32-16-24(6)44-50(32)10-2/h11-18H,9-10,19-20H2,1-8H3,(H2,39,51)(H2,40,52)/b22-21+,41-37?,42-38?. The largest absolute Gasteiger partial charge is 0.366 e. The first kappa shape index (κ1) is 37.2. The summed E-state index contributed by atoms with van der Waals surface area (Å²) in [6, 6.07) is 13.7. The van der Waals surface area contributed by atoms with Crippen molar-refractivity contribution in [2.24, 2.45) is 35.5 Å². The highest BCUT2D eigenvalue weighted by Gasteiger charge is 2.20. The first-order chi connectivity index (χ1) is 25.6. The second-order valence-corrected chi connectivity index (χ2v) is 13.4. The van der Waals surface area contributed by atoms with E-state index in [0.717, 1.165) is 22.2 Å². The summed E-state index contributed by atoms with van der Waals surface area (Å²) in [4.78, 5) is 60.8. The van der Waals surface area contributed by atoms with Crippen molar-refractivity contribution < 1.29 is 19.2 Å². The number of nitrogens with zero attached hydrogens (tertiary/aromatic N) is 10. The third kappa shape index (κ3) is 6.73. The molecule has 0 saturated heterocycles. The van der Waals surface area contributed by atoms with Crippen LogP contribution in [0.25, 0.3) is 22.1 Å². The number of aryl methyl sites for hydroxylation is 6. The molecule has 4 amide bonds. The molecule has 280 valence electrons. The Hall–Kier alpha value is -6.58. The summed E-state index contributed by atoms with van der Waals surface area (Å²) in [5, 5.41) is 8.83. The molecule has 16 nitrogen and oxygen atoms in total. The molecule has 0 atom stereocenters. The monoisotopic (exact) mass is 732 g/mol. The van der Waals surface area contributed by atoms with Gasteiger partial charge in [-0.1, -0.05) is 11.1 Å². The molecule has 0 aliphatic rings. The van der Waals surface area contributed by atoms with Gasteiger partial charge in [0.05, 0.1) is 33.5 Å². The molecule has 4 heterocycles. The molecule has 6 aromatic rings. The summed E-state index contributed by atoms with van der Waals surface area (Å²) in [6.07, 6.45) is 0. The molecule has 0 aliphatic carbocycles. The number of carbonyl (C=O) groups is 4. The topological polar surface area (TPSA) is 200 Å². The molecule has 4 aromatic heterocycles. The average molecular weight is 733 g/mol. The summed E-state index contributed by atoms with van der Waals surface area (Å²) in [5.41, 5.74) is 19.5. The Morgan fingerprint density at radius 1 is 0.611 bits per heavy atom. The lowest BCUT2D eigenvalue weighted by molar-refractivity contribution is 0.0977. The molecule has 4 N–H and O–H groups in total. The number of fused-ring (bicyclic) bond motifs is 2. The van der Waals surface area contributed by atoms with E-state index in [-0.39, 0.29) is 0 Å². The third-order valence-electron chi connectivity index (χ3n) is 9.67. The Bertz CT molecular complexity index is 2520. The number of amides is 4. The second-order valence-electron chi connectivity index (χ2n) is 13.4.